The highest BCUT2D eigenvalue weighted by Crippen LogP contribution is 2.33. The fraction of sp³-hybridized carbons (Fsp3) is 0.474. The average molecular weight is 342 g/mol. The molecule has 1 saturated heterocycles. The predicted molar refractivity (Wildman–Crippen MR) is 95.4 cm³/mol. The summed E-state index contributed by atoms with van der Waals surface area (Å²) in [4.78, 5) is 21.0. The summed E-state index contributed by atoms with van der Waals surface area (Å²) in [5.74, 6) is 0.0578. The number of anilines is 1. The second kappa shape index (κ2) is 7.03. The van der Waals surface area contributed by atoms with Crippen molar-refractivity contribution in [3.8, 4) is 0 Å². The maximum absolute atomic E-state index is 13.0. The molecular weight excluding hydrogens is 320 g/mol. The molecule has 24 heavy (non-hydrogen) atoms. The molecule has 0 N–H and O–H groups in total. The summed E-state index contributed by atoms with van der Waals surface area (Å²) in [7, 11) is 0. The molecule has 2 heterocycles. The van der Waals surface area contributed by atoms with Gasteiger partial charge in [0.05, 0.1) is 12.2 Å². The zero-order chi connectivity index (χ0) is 16.4. The van der Waals surface area contributed by atoms with Gasteiger partial charge in [0.25, 0.3) is 5.91 Å². The summed E-state index contributed by atoms with van der Waals surface area (Å²) >= 11 is 1.69. The zero-order valence-electron chi connectivity index (χ0n) is 13.7. The Kier molecular flexibility index (Phi) is 4.63. The molecule has 2 aliphatic rings. The lowest BCUT2D eigenvalue weighted by Crippen LogP contribution is -2.38. The average Bonchev–Trinajstić information content (AvgIpc) is 3.29. The Morgan fingerprint density at radius 1 is 1.21 bits per heavy atom. The van der Waals surface area contributed by atoms with Crippen LogP contribution in [0.2, 0.25) is 0 Å². The normalized spacial score (nSPS) is 19.9. The first-order valence-electron chi connectivity index (χ1n) is 8.77. The van der Waals surface area contributed by atoms with E-state index in [0.717, 1.165) is 36.4 Å². The van der Waals surface area contributed by atoms with Crippen LogP contribution in [-0.4, -0.2) is 23.6 Å². The molecule has 0 saturated carbocycles. The zero-order valence-corrected chi connectivity index (χ0v) is 14.6. The maximum atomic E-state index is 13.0. The van der Waals surface area contributed by atoms with Crippen molar-refractivity contribution in [3.05, 3.63) is 46.5 Å². The highest BCUT2D eigenvalue weighted by molar-refractivity contribution is 7.15. The minimum atomic E-state index is -0.311. The maximum Gasteiger partial charge on any atom is 0.258 e. The van der Waals surface area contributed by atoms with Crippen LogP contribution in [0.15, 0.2) is 30.3 Å². The minimum Gasteiger partial charge on any atom is -0.368 e. The number of benzene rings is 1. The van der Waals surface area contributed by atoms with Crippen molar-refractivity contribution in [1.29, 1.82) is 0 Å². The Bertz CT molecular complexity index is 684. The van der Waals surface area contributed by atoms with E-state index in [1.165, 1.54) is 23.4 Å². The standard InChI is InChI=1S/C19H22N2O2S/c22-18(16-10-6-12-23-16)21(13-14-7-2-1-3-8-14)19-20-15-9-4-5-11-17(15)24-19/h1-3,7-8,16H,4-6,9-13H2/t16-/m0/s1. The quantitative estimate of drug-likeness (QED) is 0.850. The summed E-state index contributed by atoms with van der Waals surface area (Å²) in [5, 5.41) is 0.839. The molecule has 1 atom stereocenters. The van der Waals surface area contributed by atoms with Crippen LogP contribution in [0.25, 0.3) is 0 Å². The number of amides is 1. The van der Waals surface area contributed by atoms with Crippen molar-refractivity contribution in [2.24, 2.45) is 0 Å². The summed E-state index contributed by atoms with van der Waals surface area (Å²) < 4.78 is 5.64. The van der Waals surface area contributed by atoms with E-state index >= 15 is 0 Å². The molecule has 1 amide bonds. The molecule has 5 heteroatoms. The van der Waals surface area contributed by atoms with E-state index in [0.29, 0.717) is 13.2 Å². The van der Waals surface area contributed by atoms with Gasteiger partial charge < -0.3 is 4.74 Å². The molecule has 1 aromatic heterocycles. The Morgan fingerprint density at radius 2 is 2.04 bits per heavy atom. The van der Waals surface area contributed by atoms with Crippen molar-refractivity contribution in [1.82, 2.24) is 4.98 Å². The van der Waals surface area contributed by atoms with Gasteiger partial charge in [0.15, 0.2) is 5.13 Å². The summed E-state index contributed by atoms with van der Waals surface area (Å²) in [6.45, 7) is 1.25. The van der Waals surface area contributed by atoms with Crippen LogP contribution in [0.1, 0.15) is 41.8 Å². The Balaban J connectivity index is 1.64. The molecule has 1 aliphatic carbocycles. The molecular formula is C19H22N2O2S. The number of aromatic nitrogens is 1. The Labute approximate surface area is 146 Å². The molecule has 0 spiro atoms. The Morgan fingerprint density at radius 3 is 2.79 bits per heavy atom. The summed E-state index contributed by atoms with van der Waals surface area (Å²) in [6, 6.07) is 10.1. The van der Waals surface area contributed by atoms with E-state index in [1.54, 1.807) is 11.3 Å². The van der Waals surface area contributed by atoms with Gasteiger partial charge >= 0.3 is 0 Å². The highest BCUT2D eigenvalue weighted by Gasteiger charge is 2.31. The van der Waals surface area contributed by atoms with Crippen LogP contribution in [0, 0.1) is 0 Å². The molecule has 0 bridgehead atoms. The number of aryl methyl sites for hydroxylation is 2. The van der Waals surface area contributed by atoms with Crippen LogP contribution in [-0.2, 0) is 28.9 Å². The lowest BCUT2D eigenvalue weighted by atomic mass is 10.0. The molecule has 0 radical (unpaired) electrons. The molecule has 4 rings (SSSR count). The van der Waals surface area contributed by atoms with Gasteiger partial charge in [-0.15, -0.1) is 11.3 Å². The number of rotatable bonds is 4. The molecule has 0 unspecified atom stereocenters. The number of nitrogens with zero attached hydrogens (tertiary/aromatic N) is 2. The number of fused-ring (bicyclic) bond motifs is 1. The van der Waals surface area contributed by atoms with Gasteiger partial charge in [0, 0.05) is 11.5 Å². The van der Waals surface area contributed by atoms with Crippen LogP contribution >= 0.6 is 11.3 Å². The summed E-state index contributed by atoms with van der Waals surface area (Å²) in [5.41, 5.74) is 2.32. The molecule has 1 fully saturated rings. The largest absolute Gasteiger partial charge is 0.368 e. The van der Waals surface area contributed by atoms with E-state index < -0.39 is 0 Å². The topological polar surface area (TPSA) is 42.4 Å². The Hall–Kier alpha value is -1.72. The van der Waals surface area contributed by atoms with Gasteiger partial charge in [-0.1, -0.05) is 30.3 Å². The van der Waals surface area contributed by atoms with Gasteiger partial charge in [-0.3, -0.25) is 9.69 Å². The molecule has 4 nitrogen and oxygen atoms in total. The second-order valence-electron chi connectivity index (χ2n) is 6.49. The molecule has 126 valence electrons. The molecule has 1 aromatic carbocycles. The number of ether oxygens (including phenoxy) is 1. The fourth-order valence-corrected chi connectivity index (χ4v) is 4.56. The van der Waals surface area contributed by atoms with Gasteiger partial charge in [-0.2, -0.15) is 0 Å². The van der Waals surface area contributed by atoms with E-state index in [2.05, 4.69) is 12.1 Å². The monoisotopic (exact) mass is 342 g/mol. The van der Waals surface area contributed by atoms with Gasteiger partial charge in [-0.05, 0) is 44.1 Å². The van der Waals surface area contributed by atoms with Crippen LogP contribution in [0.5, 0.6) is 0 Å². The third-order valence-corrected chi connectivity index (χ3v) is 5.90. The molecule has 1 aliphatic heterocycles. The number of carbonyl (C=O) groups excluding carboxylic acids is 1. The SMILES string of the molecule is O=C([C@@H]1CCCO1)N(Cc1ccccc1)c1nc2c(s1)CCCC2. The minimum absolute atomic E-state index is 0.0578. The van der Waals surface area contributed by atoms with Gasteiger partial charge in [0.1, 0.15) is 6.10 Å². The van der Waals surface area contributed by atoms with E-state index in [4.69, 9.17) is 9.72 Å². The lowest BCUT2D eigenvalue weighted by molar-refractivity contribution is -0.127. The first-order valence-corrected chi connectivity index (χ1v) is 9.58. The van der Waals surface area contributed by atoms with Crippen LogP contribution < -0.4 is 4.90 Å². The smallest absolute Gasteiger partial charge is 0.258 e. The van der Waals surface area contributed by atoms with Crippen molar-refractivity contribution >= 4 is 22.4 Å². The van der Waals surface area contributed by atoms with Crippen molar-refractivity contribution < 1.29 is 9.53 Å². The lowest BCUT2D eigenvalue weighted by Gasteiger charge is -2.23. The van der Waals surface area contributed by atoms with Crippen LogP contribution in [0.3, 0.4) is 0 Å². The highest BCUT2D eigenvalue weighted by atomic mass is 32.1. The van der Waals surface area contributed by atoms with E-state index in [1.807, 2.05) is 23.1 Å². The molecule has 2 aromatic rings. The number of carbonyl (C=O) groups is 1. The third-order valence-electron chi connectivity index (χ3n) is 4.72. The second-order valence-corrected chi connectivity index (χ2v) is 7.55. The van der Waals surface area contributed by atoms with E-state index in [-0.39, 0.29) is 12.0 Å². The first-order chi connectivity index (χ1) is 11.8. The van der Waals surface area contributed by atoms with Crippen molar-refractivity contribution in [3.63, 3.8) is 0 Å². The predicted octanol–water partition coefficient (Wildman–Crippen LogP) is 3.73. The summed E-state index contributed by atoms with van der Waals surface area (Å²) in [6.07, 6.45) is 6.04. The van der Waals surface area contributed by atoms with Gasteiger partial charge in [-0.25, -0.2) is 4.98 Å². The number of thiazole rings is 1. The number of hydrogen-bond donors (Lipinski definition) is 0. The van der Waals surface area contributed by atoms with Crippen LogP contribution in [0.4, 0.5) is 5.13 Å². The van der Waals surface area contributed by atoms with Gasteiger partial charge in [0.2, 0.25) is 0 Å². The third kappa shape index (κ3) is 3.23. The van der Waals surface area contributed by atoms with Crippen molar-refractivity contribution in [2.45, 2.75) is 51.2 Å². The number of hydrogen-bond acceptors (Lipinski definition) is 4. The first kappa shape index (κ1) is 15.8. The van der Waals surface area contributed by atoms with E-state index in [9.17, 15) is 4.79 Å². The fourth-order valence-electron chi connectivity index (χ4n) is 3.41. The van der Waals surface area contributed by atoms with Crippen molar-refractivity contribution in [2.75, 3.05) is 11.5 Å².